The molecule has 0 atom stereocenters. The Labute approximate surface area is 88.6 Å². The van der Waals surface area contributed by atoms with Crippen LogP contribution >= 0.6 is 23.2 Å². The van der Waals surface area contributed by atoms with E-state index in [1.165, 1.54) is 0 Å². The van der Waals surface area contributed by atoms with Gasteiger partial charge in [0, 0.05) is 5.02 Å². The summed E-state index contributed by atoms with van der Waals surface area (Å²) in [5, 5.41) is -0.383. The largest absolute Gasteiger partial charge is 0.418 e. The van der Waals surface area contributed by atoms with Crippen molar-refractivity contribution in [2.24, 2.45) is 0 Å². The van der Waals surface area contributed by atoms with Gasteiger partial charge < -0.3 is 5.73 Å². The zero-order valence-electron chi connectivity index (χ0n) is 6.75. The summed E-state index contributed by atoms with van der Waals surface area (Å²) in [6.45, 7) is 3.20. The first-order chi connectivity index (χ1) is 6.25. The first kappa shape index (κ1) is 11.5. The highest BCUT2D eigenvalue weighted by molar-refractivity contribution is 6.37. The molecule has 1 rings (SSSR count). The quantitative estimate of drug-likeness (QED) is 0.689. The second kappa shape index (κ2) is 3.51. The fraction of sp³-hybridized carbons (Fsp3) is 0.125. The van der Waals surface area contributed by atoms with Gasteiger partial charge in [-0.1, -0.05) is 23.2 Å². The number of nitrogens with two attached hydrogens (primary N) is 1. The van der Waals surface area contributed by atoms with Crippen molar-refractivity contribution in [3.05, 3.63) is 34.2 Å². The van der Waals surface area contributed by atoms with Crippen LogP contribution in [0.15, 0.2) is 6.07 Å². The van der Waals surface area contributed by atoms with Gasteiger partial charge in [-0.15, -0.1) is 0 Å². The first-order valence-corrected chi connectivity index (χ1v) is 4.17. The van der Waals surface area contributed by atoms with E-state index in [2.05, 4.69) is 6.92 Å². The Balaban J connectivity index is 3.56. The fourth-order valence-corrected chi connectivity index (χ4v) is 1.46. The summed E-state index contributed by atoms with van der Waals surface area (Å²) in [5.41, 5.74) is 3.21. The Morgan fingerprint density at radius 1 is 1.21 bits per heavy atom. The number of alkyl halides is 3. The number of nitrogen functional groups attached to an aromatic ring is 1. The van der Waals surface area contributed by atoms with Gasteiger partial charge in [-0.25, -0.2) is 0 Å². The van der Waals surface area contributed by atoms with E-state index in [0.29, 0.717) is 0 Å². The molecule has 2 N–H and O–H groups in total. The SMILES string of the molecule is [CH2]c1c(Cl)cc(Cl)c(N)c1C(F)(F)F. The average molecular weight is 243 g/mol. The molecule has 0 aromatic heterocycles. The predicted octanol–water partition coefficient (Wildman–Crippen LogP) is 3.78. The number of hydrogen-bond donors (Lipinski definition) is 1. The van der Waals surface area contributed by atoms with E-state index in [9.17, 15) is 13.2 Å². The molecule has 1 nitrogen and oxygen atoms in total. The lowest BCUT2D eigenvalue weighted by Gasteiger charge is -2.15. The highest BCUT2D eigenvalue weighted by Crippen LogP contribution is 2.41. The number of rotatable bonds is 0. The smallest absolute Gasteiger partial charge is 0.397 e. The highest BCUT2D eigenvalue weighted by atomic mass is 35.5. The molecule has 0 aliphatic rings. The van der Waals surface area contributed by atoms with Crippen molar-refractivity contribution in [3.8, 4) is 0 Å². The van der Waals surface area contributed by atoms with Crippen molar-refractivity contribution >= 4 is 28.9 Å². The molecule has 0 saturated carbocycles. The molecule has 0 unspecified atom stereocenters. The molecule has 0 saturated heterocycles. The lowest BCUT2D eigenvalue weighted by Crippen LogP contribution is -2.12. The predicted molar refractivity (Wildman–Crippen MR) is 50.3 cm³/mol. The molecule has 0 aliphatic carbocycles. The van der Waals surface area contributed by atoms with Gasteiger partial charge in [-0.3, -0.25) is 0 Å². The van der Waals surface area contributed by atoms with Crippen LogP contribution in [0.4, 0.5) is 18.9 Å². The van der Waals surface area contributed by atoms with E-state index >= 15 is 0 Å². The summed E-state index contributed by atoms with van der Waals surface area (Å²) >= 11 is 11.0. The van der Waals surface area contributed by atoms with Crippen LogP contribution in [0.3, 0.4) is 0 Å². The van der Waals surface area contributed by atoms with Crippen LogP contribution in [0.1, 0.15) is 11.1 Å². The number of hydrogen-bond acceptors (Lipinski definition) is 1. The minimum Gasteiger partial charge on any atom is -0.397 e. The van der Waals surface area contributed by atoms with E-state index in [4.69, 9.17) is 28.9 Å². The van der Waals surface area contributed by atoms with Gasteiger partial charge in [0.05, 0.1) is 16.3 Å². The topological polar surface area (TPSA) is 26.0 Å². The Bertz CT molecular complexity index is 348. The second-order valence-electron chi connectivity index (χ2n) is 2.61. The van der Waals surface area contributed by atoms with Gasteiger partial charge in [0.1, 0.15) is 0 Å². The molecule has 1 aromatic carbocycles. The summed E-state index contributed by atoms with van der Waals surface area (Å²) in [7, 11) is 0. The van der Waals surface area contributed by atoms with Crippen LogP contribution in [0.25, 0.3) is 0 Å². The standard InChI is InChI=1S/C8H5Cl2F3N/c1-3-4(9)2-5(10)7(14)6(3)8(11,12)13/h2H,1,14H2. The average Bonchev–Trinajstić information content (AvgIpc) is 1.98. The molecule has 0 bridgehead atoms. The van der Waals surface area contributed by atoms with Crippen molar-refractivity contribution in [3.63, 3.8) is 0 Å². The third-order valence-corrected chi connectivity index (χ3v) is 2.30. The molecular formula is C8H5Cl2F3N. The molecule has 0 heterocycles. The van der Waals surface area contributed by atoms with Crippen LogP contribution in [0, 0.1) is 6.92 Å². The van der Waals surface area contributed by atoms with E-state index in [1.807, 2.05) is 0 Å². The van der Waals surface area contributed by atoms with Crippen LogP contribution in [0.5, 0.6) is 0 Å². The van der Waals surface area contributed by atoms with Gasteiger partial charge in [-0.05, 0) is 18.6 Å². The molecule has 0 amide bonds. The maximum Gasteiger partial charge on any atom is 0.418 e. The summed E-state index contributed by atoms with van der Waals surface area (Å²) in [6, 6.07) is 1.13. The Kier molecular flexibility index (Phi) is 2.88. The van der Waals surface area contributed by atoms with Crippen molar-refractivity contribution in [2.75, 3.05) is 5.73 Å². The van der Waals surface area contributed by atoms with Crippen molar-refractivity contribution in [1.29, 1.82) is 0 Å². The molecular weight excluding hydrogens is 238 g/mol. The lowest BCUT2D eigenvalue weighted by atomic mass is 10.1. The zero-order valence-corrected chi connectivity index (χ0v) is 8.26. The molecule has 1 radical (unpaired) electrons. The molecule has 0 fully saturated rings. The molecule has 0 aliphatic heterocycles. The molecule has 6 heteroatoms. The van der Waals surface area contributed by atoms with Gasteiger partial charge in [-0.2, -0.15) is 13.2 Å². The number of halogens is 5. The summed E-state index contributed by atoms with van der Waals surface area (Å²) < 4.78 is 37.3. The van der Waals surface area contributed by atoms with Gasteiger partial charge in [0.2, 0.25) is 0 Å². The van der Waals surface area contributed by atoms with Gasteiger partial charge in [0.15, 0.2) is 0 Å². The van der Waals surface area contributed by atoms with Crippen LogP contribution in [-0.2, 0) is 6.18 Å². The monoisotopic (exact) mass is 242 g/mol. The van der Waals surface area contributed by atoms with Crippen LogP contribution in [0.2, 0.25) is 10.0 Å². The molecule has 77 valence electrons. The molecule has 0 spiro atoms. The van der Waals surface area contributed by atoms with Crippen molar-refractivity contribution < 1.29 is 13.2 Å². The van der Waals surface area contributed by atoms with E-state index < -0.39 is 17.4 Å². The maximum absolute atomic E-state index is 12.4. The first-order valence-electron chi connectivity index (χ1n) is 3.41. The molecule has 14 heavy (non-hydrogen) atoms. The third kappa shape index (κ3) is 1.91. The van der Waals surface area contributed by atoms with Crippen LogP contribution < -0.4 is 5.73 Å². The molecule has 1 aromatic rings. The fourth-order valence-electron chi connectivity index (χ4n) is 1.00. The summed E-state index contributed by atoms with van der Waals surface area (Å²) in [6.07, 6.45) is -4.60. The Hall–Kier alpha value is -0.610. The minimum absolute atomic E-state index is 0.156. The van der Waals surface area contributed by atoms with E-state index in [1.54, 1.807) is 0 Å². The Morgan fingerprint density at radius 3 is 2.14 bits per heavy atom. The zero-order chi connectivity index (χ0) is 11.1. The van der Waals surface area contributed by atoms with Gasteiger partial charge in [0.25, 0.3) is 0 Å². The third-order valence-electron chi connectivity index (χ3n) is 1.65. The Morgan fingerprint density at radius 2 is 1.71 bits per heavy atom. The minimum atomic E-state index is -4.60. The maximum atomic E-state index is 12.4. The van der Waals surface area contributed by atoms with Gasteiger partial charge >= 0.3 is 6.18 Å². The van der Waals surface area contributed by atoms with Crippen molar-refractivity contribution in [2.45, 2.75) is 6.18 Å². The normalized spacial score (nSPS) is 11.9. The summed E-state index contributed by atoms with van der Waals surface area (Å²) in [4.78, 5) is 0. The lowest BCUT2D eigenvalue weighted by molar-refractivity contribution is -0.137. The van der Waals surface area contributed by atoms with E-state index in [0.717, 1.165) is 6.07 Å². The number of anilines is 1. The second-order valence-corrected chi connectivity index (χ2v) is 3.42. The van der Waals surface area contributed by atoms with Crippen LogP contribution in [-0.4, -0.2) is 0 Å². The number of benzene rings is 1. The van der Waals surface area contributed by atoms with E-state index in [-0.39, 0.29) is 15.6 Å². The summed E-state index contributed by atoms with van der Waals surface area (Å²) in [5.74, 6) is 0. The highest BCUT2D eigenvalue weighted by Gasteiger charge is 2.36. The van der Waals surface area contributed by atoms with Crippen molar-refractivity contribution in [1.82, 2.24) is 0 Å².